The Labute approximate surface area is 290 Å². The number of nitrogens with zero attached hydrogens (tertiary/aromatic N) is 4. The van der Waals surface area contributed by atoms with Crippen LogP contribution in [0.15, 0.2) is 109 Å². The minimum atomic E-state index is 0. The summed E-state index contributed by atoms with van der Waals surface area (Å²) in [6, 6.07) is 34.2. The topological polar surface area (TPSA) is 14.2 Å². The van der Waals surface area contributed by atoms with Gasteiger partial charge in [0.25, 0.3) is 0 Å². The van der Waals surface area contributed by atoms with E-state index < -0.39 is 0 Å². The highest BCUT2D eigenvalue weighted by molar-refractivity contribution is 6.31. The van der Waals surface area contributed by atoms with E-state index in [1.165, 1.54) is 44.4 Å². The zero-order valence-electron chi connectivity index (χ0n) is 25.1. The molecule has 226 valence electrons. The third-order valence-electron chi connectivity index (χ3n) is 7.77. The monoisotopic (exact) mass is 750 g/mol. The van der Waals surface area contributed by atoms with Gasteiger partial charge in [-0.2, -0.15) is 9.13 Å². The third kappa shape index (κ3) is 7.05. The zero-order valence-corrected chi connectivity index (χ0v) is 29.8. The van der Waals surface area contributed by atoms with Crippen molar-refractivity contribution >= 4 is 56.4 Å². The van der Waals surface area contributed by atoms with Crippen LogP contribution >= 0.6 is 23.2 Å². The largest absolute Gasteiger partial charge is 1.00 e. The number of aromatic nitrogens is 2. The Bertz CT molecular complexity index is 1800. The lowest BCUT2D eigenvalue weighted by Gasteiger charge is -2.15. The van der Waals surface area contributed by atoms with E-state index in [-0.39, 0.29) is 34.0 Å². The molecule has 0 aliphatic carbocycles. The van der Waals surface area contributed by atoms with Gasteiger partial charge in [-0.15, -0.1) is 0 Å². The number of anilines is 2. The number of halogens is 4. The van der Waals surface area contributed by atoms with E-state index in [0.717, 1.165) is 34.2 Å². The predicted octanol–water partition coefficient (Wildman–Crippen LogP) is 1.78. The summed E-state index contributed by atoms with van der Waals surface area (Å²) in [4.78, 5) is 4.28. The van der Waals surface area contributed by atoms with Crippen LogP contribution in [0.3, 0.4) is 0 Å². The van der Waals surface area contributed by atoms with Crippen LogP contribution < -0.4 is 52.9 Å². The maximum Gasteiger partial charge on any atom is 0.216 e. The summed E-state index contributed by atoms with van der Waals surface area (Å²) in [6.07, 6.45) is 4.30. The summed E-state index contributed by atoms with van der Waals surface area (Å²) >= 11 is 12.9. The molecule has 4 aromatic carbocycles. The van der Waals surface area contributed by atoms with E-state index in [9.17, 15) is 0 Å². The van der Waals surface area contributed by atoms with Crippen molar-refractivity contribution in [3.05, 3.63) is 131 Å². The van der Waals surface area contributed by atoms with E-state index >= 15 is 0 Å². The molecule has 0 fully saturated rings. The number of hydrogen-bond acceptors (Lipinski definition) is 2. The molecule has 0 radical (unpaired) electrons. The Morgan fingerprint density at radius 3 is 1.32 bits per heavy atom. The Hall–Kier alpha value is -3.16. The second-order valence-corrected chi connectivity index (χ2v) is 12.0. The van der Waals surface area contributed by atoms with Crippen molar-refractivity contribution in [3.63, 3.8) is 0 Å². The van der Waals surface area contributed by atoms with Gasteiger partial charge < -0.3 is 43.8 Å². The van der Waals surface area contributed by atoms with Gasteiger partial charge in [-0.05, 0) is 47.5 Å². The van der Waals surface area contributed by atoms with E-state index in [2.05, 4.69) is 144 Å². The third-order valence-corrected chi connectivity index (χ3v) is 8.24. The summed E-state index contributed by atoms with van der Waals surface area (Å²) in [5.41, 5.74) is 9.44. The van der Waals surface area contributed by atoms with Gasteiger partial charge in [-0.1, -0.05) is 59.6 Å². The van der Waals surface area contributed by atoms with Crippen molar-refractivity contribution in [3.8, 4) is 11.1 Å². The molecule has 2 aromatic heterocycles. The van der Waals surface area contributed by atoms with Crippen LogP contribution in [0.25, 0.3) is 32.9 Å². The van der Waals surface area contributed by atoms with E-state index in [1.807, 2.05) is 12.1 Å². The Morgan fingerprint density at radius 1 is 0.523 bits per heavy atom. The fraction of sp³-hybridized carbons (Fsp3) is 0.167. The van der Waals surface area contributed by atoms with Crippen molar-refractivity contribution in [2.24, 2.45) is 0 Å². The van der Waals surface area contributed by atoms with Crippen molar-refractivity contribution < 1.29 is 43.1 Å². The van der Waals surface area contributed by atoms with Gasteiger partial charge >= 0.3 is 0 Å². The van der Waals surface area contributed by atoms with Gasteiger partial charge in [-0.3, -0.25) is 0 Å². The highest BCUT2D eigenvalue weighted by Gasteiger charge is 2.17. The zero-order chi connectivity index (χ0) is 29.4. The molecule has 0 aliphatic rings. The molecule has 6 rings (SSSR count). The Kier molecular flexibility index (Phi) is 11.0. The Balaban J connectivity index is 0.00000221. The second kappa shape index (κ2) is 14.3. The average molecular weight is 753 g/mol. The molecule has 6 aromatic rings. The highest BCUT2D eigenvalue weighted by atomic mass is 79.9. The lowest BCUT2D eigenvalue weighted by Crippen LogP contribution is -3.00. The van der Waals surface area contributed by atoms with Crippen LogP contribution in [0.4, 0.5) is 11.4 Å². The van der Waals surface area contributed by atoms with Crippen LogP contribution in [-0.2, 0) is 13.1 Å². The molecular weight excluding hydrogens is 719 g/mol. The summed E-state index contributed by atoms with van der Waals surface area (Å²) in [7, 11) is 8.28. The molecule has 0 amide bonds. The molecule has 0 saturated carbocycles. The van der Waals surface area contributed by atoms with Crippen LogP contribution in [0.5, 0.6) is 0 Å². The van der Waals surface area contributed by atoms with E-state index in [0.29, 0.717) is 0 Å². The maximum absolute atomic E-state index is 6.43. The molecule has 0 N–H and O–H groups in total. The van der Waals surface area contributed by atoms with Crippen molar-refractivity contribution in [2.45, 2.75) is 13.1 Å². The molecule has 0 saturated heterocycles. The normalized spacial score (nSPS) is 10.8. The van der Waals surface area contributed by atoms with E-state index in [1.54, 1.807) is 0 Å². The molecule has 0 unspecified atom stereocenters. The van der Waals surface area contributed by atoms with Crippen molar-refractivity contribution in [1.29, 1.82) is 0 Å². The van der Waals surface area contributed by atoms with Gasteiger partial charge in [0.05, 0.1) is 22.1 Å². The highest BCUT2D eigenvalue weighted by Crippen LogP contribution is 2.28. The Morgan fingerprint density at radius 2 is 0.932 bits per heavy atom. The minimum Gasteiger partial charge on any atom is -1.00 e. The van der Waals surface area contributed by atoms with Crippen LogP contribution in [0, 0.1) is 0 Å². The molecule has 0 atom stereocenters. The molecule has 8 heteroatoms. The molecule has 0 spiro atoms. The summed E-state index contributed by atoms with van der Waals surface area (Å²) in [6.45, 7) is 1.50. The molecule has 2 heterocycles. The maximum atomic E-state index is 6.43. The number of fused-ring (bicyclic) bond motifs is 2. The average Bonchev–Trinajstić information content (AvgIpc) is 2.97. The SMILES string of the molecule is CN(C)c1cc[n+](Cc2cccc(-c3cccc(C[n+]4ccc(N(C)C)c5ccc(Cl)cc54)c3)c2)c2cc(Cl)ccc12.[Br-].[Br-]. The molecule has 0 aliphatic heterocycles. The molecule has 4 nitrogen and oxygen atoms in total. The van der Waals surface area contributed by atoms with Crippen LogP contribution in [-0.4, -0.2) is 28.2 Å². The summed E-state index contributed by atoms with van der Waals surface area (Å²) in [5.74, 6) is 0. The smallest absolute Gasteiger partial charge is 0.216 e. The van der Waals surface area contributed by atoms with Crippen molar-refractivity contribution in [2.75, 3.05) is 38.0 Å². The summed E-state index contributed by atoms with van der Waals surface area (Å²) < 4.78 is 4.54. The minimum absolute atomic E-state index is 0. The number of rotatable bonds is 7. The first-order valence-corrected chi connectivity index (χ1v) is 14.8. The van der Waals surface area contributed by atoms with Gasteiger partial charge in [0.2, 0.25) is 11.0 Å². The standard InChI is InChI=1S/C36H34Cl2N4.2BrH/c1-39(2)33-15-17-41(35-21-29(37)11-13-31(33)35)23-25-7-5-9-27(19-25)28-10-6-8-26(20-28)24-42-18-16-34(40(3)4)32-14-12-30(38)22-36(32)42;;/h5-22H,23-24H2,1-4H3;2*1H/q+2;;/p-2. The quantitative estimate of drug-likeness (QED) is 0.231. The fourth-order valence-corrected chi connectivity index (χ4v) is 6.06. The van der Waals surface area contributed by atoms with Crippen LogP contribution in [0.1, 0.15) is 11.1 Å². The summed E-state index contributed by atoms with van der Waals surface area (Å²) in [5, 5.41) is 3.84. The van der Waals surface area contributed by atoms with Gasteiger partial charge in [0, 0.05) is 73.6 Å². The van der Waals surface area contributed by atoms with Gasteiger partial charge in [0.1, 0.15) is 0 Å². The van der Waals surface area contributed by atoms with Gasteiger partial charge in [0.15, 0.2) is 25.5 Å². The first-order chi connectivity index (χ1) is 20.3. The predicted molar refractivity (Wildman–Crippen MR) is 177 cm³/mol. The fourth-order valence-electron chi connectivity index (χ4n) is 5.73. The first-order valence-electron chi connectivity index (χ1n) is 14.0. The number of hydrogen-bond donors (Lipinski definition) is 0. The first kappa shape index (κ1) is 33.7. The van der Waals surface area contributed by atoms with Crippen LogP contribution in [0.2, 0.25) is 10.0 Å². The lowest BCUT2D eigenvalue weighted by atomic mass is 10.0. The number of benzene rings is 4. The van der Waals surface area contributed by atoms with Gasteiger partial charge in [-0.25, -0.2) is 0 Å². The van der Waals surface area contributed by atoms with E-state index in [4.69, 9.17) is 23.2 Å². The lowest BCUT2D eigenvalue weighted by molar-refractivity contribution is -0.662. The van der Waals surface area contributed by atoms with Crippen molar-refractivity contribution in [1.82, 2.24) is 0 Å². The molecular formula is C36H34Br2Cl2N4. The number of pyridine rings is 2. The molecule has 0 bridgehead atoms. The second-order valence-electron chi connectivity index (χ2n) is 11.2. The molecule has 44 heavy (non-hydrogen) atoms.